The summed E-state index contributed by atoms with van der Waals surface area (Å²) in [5.74, 6) is -1.57. The zero-order chi connectivity index (χ0) is 19.9. The Morgan fingerprint density at radius 1 is 1.07 bits per heavy atom. The van der Waals surface area contributed by atoms with Gasteiger partial charge in [0.15, 0.2) is 0 Å². The summed E-state index contributed by atoms with van der Waals surface area (Å²) in [4.78, 5) is 54.3. The predicted molar refractivity (Wildman–Crippen MR) is 98.1 cm³/mol. The Hall–Kier alpha value is -4.01. The lowest BCUT2D eigenvalue weighted by Crippen LogP contribution is -2.49. The molecule has 1 aliphatic heterocycles. The minimum atomic E-state index is -1.33. The minimum Gasteiger partial charge on any atom is -0.318 e. The first-order chi connectivity index (χ1) is 13.4. The first-order valence-electron chi connectivity index (χ1n) is 8.41. The topological polar surface area (TPSA) is 113 Å². The van der Waals surface area contributed by atoms with Gasteiger partial charge in [0.05, 0.1) is 0 Å². The quantitative estimate of drug-likeness (QED) is 0.656. The highest BCUT2D eigenvalue weighted by molar-refractivity contribution is 6.09. The van der Waals surface area contributed by atoms with Crippen LogP contribution in [0.25, 0.3) is 5.65 Å². The average Bonchev–Trinajstić information content (AvgIpc) is 2.93. The number of imide groups is 1. The van der Waals surface area contributed by atoms with Crippen molar-refractivity contribution in [2.45, 2.75) is 12.5 Å². The van der Waals surface area contributed by atoms with Crippen molar-refractivity contribution >= 4 is 23.5 Å². The van der Waals surface area contributed by atoms with Gasteiger partial charge in [0.2, 0.25) is 0 Å². The van der Waals surface area contributed by atoms with E-state index in [9.17, 15) is 19.2 Å². The molecule has 1 unspecified atom stereocenters. The monoisotopic (exact) mass is 377 g/mol. The number of carbonyl (C=O) groups is 3. The summed E-state index contributed by atoms with van der Waals surface area (Å²) in [6.45, 7) is 1.54. The minimum absolute atomic E-state index is 0.294. The van der Waals surface area contributed by atoms with Crippen molar-refractivity contribution in [1.82, 2.24) is 25.1 Å². The fraction of sp³-hybridized carbons (Fsp3) is 0.105. The van der Waals surface area contributed by atoms with E-state index in [1.807, 2.05) is 0 Å². The van der Waals surface area contributed by atoms with Crippen LogP contribution >= 0.6 is 0 Å². The highest BCUT2D eigenvalue weighted by atomic mass is 16.2. The van der Waals surface area contributed by atoms with Crippen molar-refractivity contribution in [2.75, 3.05) is 0 Å². The second kappa shape index (κ2) is 6.31. The van der Waals surface area contributed by atoms with Crippen molar-refractivity contribution < 1.29 is 14.4 Å². The fourth-order valence-electron chi connectivity index (χ4n) is 3.05. The molecule has 28 heavy (non-hydrogen) atoms. The van der Waals surface area contributed by atoms with Crippen LogP contribution in [0, 0.1) is 0 Å². The number of carbonyl (C=O) groups excluding carboxylic acids is 3. The van der Waals surface area contributed by atoms with Gasteiger partial charge in [-0.1, -0.05) is 36.4 Å². The van der Waals surface area contributed by atoms with Gasteiger partial charge in [0.25, 0.3) is 17.4 Å². The fourth-order valence-corrected chi connectivity index (χ4v) is 3.05. The molecule has 3 heterocycles. The molecule has 4 amide bonds. The SMILES string of the molecule is CC1(c2ccccc2)NC(=O)N(NC(=O)c2cnc3ccccn3c2=O)C1=O. The van der Waals surface area contributed by atoms with Crippen molar-refractivity contribution in [3.8, 4) is 0 Å². The first kappa shape index (κ1) is 17.4. The van der Waals surface area contributed by atoms with Gasteiger partial charge in [-0.3, -0.25) is 24.2 Å². The Balaban J connectivity index is 1.64. The Morgan fingerprint density at radius 2 is 1.79 bits per heavy atom. The standard InChI is InChI=1S/C19H15N5O4/c1-19(12-7-3-2-4-8-12)17(27)24(18(28)21-19)22-15(25)13-11-20-14-9-5-6-10-23(14)16(13)26/h2-11H,1H3,(H,21,28)(H,22,25). The molecule has 2 N–H and O–H groups in total. The number of rotatable bonds is 3. The molecule has 0 spiro atoms. The highest BCUT2D eigenvalue weighted by Crippen LogP contribution is 2.27. The van der Waals surface area contributed by atoms with Crippen LogP contribution in [0.1, 0.15) is 22.8 Å². The second-order valence-electron chi connectivity index (χ2n) is 6.41. The maximum atomic E-state index is 12.8. The number of nitrogens with one attached hydrogen (secondary N) is 2. The van der Waals surface area contributed by atoms with Crippen LogP contribution in [0.5, 0.6) is 0 Å². The van der Waals surface area contributed by atoms with Crippen LogP contribution in [0.4, 0.5) is 4.79 Å². The van der Waals surface area contributed by atoms with E-state index in [1.54, 1.807) is 55.5 Å². The van der Waals surface area contributed by atoms with Gasteiger partial charge in [0, 0.05) is 12.4 Å². The van der Waals surface area contributed by atoms with Gasteiger partial charge >= 0.3 is 6.03 Å². The largest absolute Gasteiger partial charge is 0.344 e. The lowest BCUT2D eigenvalue weighted by molar-refractivity contribution is -0.132. The number of benzene rings is 1. The van der Waals surface area contributed by atoms with Crippen molar-refractivity contribution in [2.24, 2.45) is 0 Å². The molecule has 9 heteroatoms. The molecule has 140 valence electrons. The first-order valence-corrected chi connectivity index (χ1v) is 8.41. The van der Waals surface area contributed by atoms with Gasteiger partial charge in [-0.05, 0) is 24.6 Å². The second-order valence-corrected chi connectivity index (χ2v) is 6.41. The number of urea groups is 1. The predicted octanol–water partition coefficient (Wildman–Crippen LogP) is 0.806. The summed E-state index contributed by atoms with van der Waals surface area (Å²) in [7, 11) is 0. The molecule has 1 fully saturated rings. The third-order valence-electron chi connectivity index (χ3n) is 4.61. The van der Waals surface area contributed by atoms with E-state index in [0.29, 0.717) is 16.2 Å². The number of hydrazine groups is 1. The molecule has 0 radical (unpaired) electrons. The lowest BCUT2D eigenvalue weighted by Gasteiger charge is -2.22. The Labute approximate surface area is 158 Å². The normalized spacial score (nSPS) is 19.0. The number of aromatic nitrogens is 2. The molecule has 2 aromatic heterocycles. The van der Waals surface area contributed by atoms with Gasteiger partial charge in [-0.25, -0.2) is 9.78 Å². The van der Waals surface area contributed by atoms with E-state index in [2.05, 4.69) is 15.7 Å². The van der Waals surface area contributed by atoms with Gasteiger partial charge < -0.3 is 5.32 Å². The summed E-state index contributed by atoms with van der Waals surface area (Å²) >= 11 is 0. The number of fused-ring (bicyclic) bond motifs is 1. The van der Waals surface area contributed by atoms with E-state index in [1.165, 1.54) is 10.6 Å². The summed E-state index contributed by atoms with van der Waals surface area (Å²) in [6.07, 6.45) is 2.59. The molecule has 3 aromatic rings. The van der Waals surface area contributed by atoms with Crippen LogP contribution in [0.2, 0.25) is 0 Å². The van der Waals surface area contributed by atoms with E-state index >= 15 is 0 Å². The van der Waals surface area contributed by atoms with Crippen LogP contribution in [0.15, 0.2) is 65.7 Å². The summed E-state index contributed by atoms with van der Waals surface area (Å²) in [5, 5.41) is 3.15. The summed E-state index contributed by atoms with van der Waals surface area (Å²) in [6, 6.07) is 12.8. The third kappa shape index (κ3) is 2.60. The van der Waals surface area contributed by atoms with E-state index in [4.69, 9.17) is 0 Å². The van der Waals surface area contributed by atoms with E-state index < -0.39 is 28.9 Å². The highest BCUT2D eigenvalue weighted by Gasteiger charge is 2.50. The molecule has 1 aromatic carbocycles. The van der Waals surface area contributed by atoms with Gasteiger partial charge in [0.1, 0.15) is 16.7 Å². The van der Waals surface area contributed by atoms with Crippen molar-refractivity contribution in [1.29, 1.82) is 0 Å². The van der Waals surface area contributed by atoms with Gasteiger partial charge in [-0.2, -0.15) is 5.01 Å². The molecule has 0 saturated carbocycles. The maximum Gasteiger partial charge on any atom is 0.344 e. The lowest BCUT2D eigenvalue weighted by atomic mass is 9.92. The molecule has 4 rings (SSSR count). The molecule has 0 bridgehead atoms. The molecule has 1 atom stereocenters. The molecule has 0 aliphatic carbocycles. The number of hydrogen-bond donors (Lipinski definition) is 2. The van der Waals surface area contributed by atoms with E-state index in [-0.39, 0.29) is 5.56 Å². The van der Waals surface area contributed by atoms with E-state index in [0.717, 1.165) is 6.20 Å². The van der Waals surface area contributed by atoms with Gasteiger partial charge in [-0.15, -0.1) is 0 Å². The smallest absolute Gasteiger partial charge is 0.318 e. The molecule has 9 nitrogen and oxygen atoms in total. The summed E-state index contributed by atoms with van der Waals surface area (Å²) < 4.78 is 1.20. The van der Waals surface area contributed by atoms with Crippen LogP contribution in [-0.2, 0) is 10.3 Å². The summed E-state index contributed by atoms with van der Waals surface area (Å²) in [5.41, 5.74) is 0.908. The van der Waals surface area contributed by atoms with Crippen LogP contribution in [0.3, 0.4) is 0 Å². The Bertz CT molecular complexity index is 1170. The van der Waals surface area contributed by atoms with Crippen molar-refractivity contribution in [3.05, 3.63) is 82.4 Å². The molecular weight excluding hydrogens is 362 g/mol. The number of hydrogen-bond acceptors (Lipinski definition) is 5. The zero-order valence-corrected chi connectivity index (χ0v) is 14.7. The van der Waals surface area contributed by atoms with Crippen molar-refractivity contribution in [3.63, 3.8) is 0 Å². The Kier molecular flexibility index (Phi) is 3.92. The molecular formula is C19H15N5O4. The Morgan fingerprint density at radius 3 is 2.54 bits per heavy atom. The number of nitrogens with zero attached hydrogens (tertiary/aromatic N) is 3. The molecule has 1 aliphatic rings. The van der Waals surface area contributed by atoms with Crippen LogP contribution < -0.4 is 16.3 Å². The maximum absolute atomic E-state index is 12.8. The molecule has 1 saturated heterocycles. The third-order valence-corrected chi connectivity index (χ3v) is 4.61. The zero-order valence-electron chi connectivity index (χ0n) is 14.7. The number of amides is 4. The average molecular weight is 377 g/mol. The van der Waals surface area contributed by atoms with Crippen LogP contribution in [-0.4, -0.2) is 32.2 Å². The number of pyridine rings is 1.